The zero-order chi connectivity index (χ0) is 20.6. The Labute approximate surface area is 173 Å². The first kappa shape index (κ1) is 21.0. The van der Waals surface area contributed by atoms with Crippen molar-refractivity contribution >= 4 is 11.6 Å². The molecule has 0 aliphatic carbocycles. The Morgan fingerprint density at radius 2 is 1.76 bits per heavy atom. The molecule has 0 saturated carbocycles. The van der Waals surface area contributed by atoms with Crippen molar-refractivity contribution in [2.45, 2.75) is 6.92 Å². The average Bonchev–Trinajstić information content (AvgIpc) is 2.74. The summed E-state index contributed by atoms with van der Waals surface area (Å²) >= 11 is 0. The van der Waals surface area contributed by atoms with Gasteiger partial charge in [-0.05, 0) is 43.8 Å². The van der Waals surface area contributed by atoms with E-state index >= 15 is 0 Å². The van der Waals surface area contributed by atoms with E-state index in [-0.39, 0.29) is 5.91 Å². The molecule has 156 valence electrons. The summed E-state index contributed by atoms with van der Waals surface area (Å²) in [4.78, 5) is 19.0. The number of benzene rings is 2. The number of anilines is 1. The highest BCUT2D eigenvalue weighted by atomic mass is 16.5. The summed E-state index contributed by atoms with van der Waals surface area (Å²) in [5.41, 5.74) is 2.50. The van der Waals surface area contributed by atoms with Gasteiger partial charge in [0.1, 0.15) is 6.61 Å². The molecule has 0 N–H and O–H groups in total. The quantitative estimate of drug-likeness (QED) is 0.685. The molecule has 1 amide bonds. The molecule has 2 aromatic rings. The maximum atomic E-state index is 12.6. The summed E-state index contributed by atoms with van der Waals surface area (Å²) in [6.07, 6.45) is 0. The molecule has 1 aliphatic heterocycles. The van der Waals surface area contributed by atoms with Crippen LogP contribution in [0.15, 0.2) is 48.5 Å². The SMILES string of the molecule is COc1ccccc1OCCN(C)CC(=O)N1CCN(c2cccc(C)c2)CC1. The number of para-hydroxylation sites is 2. The van der Waals surface area contributed by atoms with Crippen molar-refractivity contribution in [3.8, 4) is 11.5 Å². The number of likely N-dealkylation sites (N-methyl/N-ethyl adjacent to an activating group) is 1. The van der Waals surface area contributed by atoms with Crippen LogP contribution < -0.4 is 14.4 Å². The van der Waals surface area contributed by atoms with Crippen LogP contribution in [0, 0.1) is 6.92 Å². The number of carbonyl (C=O) groups excluding carboxylic acids is 1. The van der Waals surface area contributed by atoms with E-state index in [2.05, 4.69) is 36.1 Å². The molecule has 0 radical (unpaired) electrons. The van der Waals surface area contributed by atoms with E-state index in [1.54, 1.807) is 7.11 Å². The molecule has 0 atom stereocenters. The molecule has 2 aromatic carbocycles. The van der Waals surface area contributed by atoms with Gasteiger partial charge in [0.15, 0.2) is 11.5 Å². The number of ether oxygens (including phenoxy) is 2. The predicted octanol–water partition coefficient (Wildman–Crippen LogP) is 2.66. The number of hydrogen-bond acceptors (Lipinski definition) is 5. The second-order valence-corrected chi connectivity index (χ2v) is 7.44. The van der Waals surface area contributed by atoms with E-state index in [0.29, 0.717) is 19.7 Å². The number of hydrogen-bond donors (Lipinski definition) is 0. The van der Waals surface area contributed by atoms with E-state index in [0.717, 1.165) is 37.7 Å². The first-order chi connectivity index (χ1) is 14.1. The van der Waals surface area contributed by atoms with Crippen LogP contribution in [-0.2, 0) is 4.79 Å². The molecule has 29 heavy (non-hydrogen) atoms. The number of rotatable bonds is 8. The van der Waals surface area contributed by atoms with Crippen LogP contribution in [0.2, 0.25) is 0 Å². The second kappa shape index (κ2) is 10.2. The molecule has 1 heterocycles. The summed E-state index contributed by atoms with van der Waals surface area (Å²) in [5.74, 6) is 1.62. The fourth-order valence-corrected chi connectivity index (χ4v) is 3.50. The molecule has 0 aromatic heterocycles. The molecule has 0 spiro atoms. The molecule has 6 heteroatoms. The number of aryl methyl sites for hydroxylation is 1. The van der Waals surface area contributed by atoms with Crippen molar-refractivity contribution in [3.05, 3.63) is 54.1 Å². The predicted molar refractivity (Wildman–Crippen MR) is 116 cm³/mol. The standard InChI is InChI=1S/C23H31N3O3/c1-19-7-6-8-20(17-19)25-11-13-26(14-12-25)23(27)18-24(2)15-16-29-22-10-5-4-9-21(22)28-3/h4-10,17H,11-16,18H2,1-3H3. The third-order valence-corrected chi connectivity index (χ3v) is 5.20. The Morgan fingerprint density at radius 1 is 1.03 bits per heavy atom. The minimum atomic E-state index is 0.175. The van der Waals surface area contributed by atoms with Crippen molar-refractivity contribution in [1.29, 1.82) is 0 Å². The highest BCUT2D eigenvalue weighted by Crippen LogP contribution is 2.25. The van der Waals surface area contributed by atoms with Crippen molar-refractivity contribution in [2.75, 3.05) is 64.9 Å². The van der Waals surface area contributed by atoms with Crippen LogP contribution in [0.25, 0.3) is 0 Å². The Hall–Kier alpha value is -2.73. The van der Waals surface area contributed by atoms with Crippen LogP contribution in [0.5, 0.6) is 11.5 Å². The van der Waals surface area contributed by atoms with Crippen LogP contribution in [0.3, 0.4) is 0 Å². The van der Waals surface area contributed by atoms with Crippen molar-refractivity contribution in [1.82, 2.24) is 9.80 Å². The van der Waals surface area contributed by atoms with Gasteiger partial charge in [-0.2, -0.15) is 0 Å². The topological polar surface area (TPSA) is 45.3 Å². The van der Waals surface area contributed by atoms with Gasteiger partial charge in [-0.15, -0.1) is 0 Å². The zero-order valence-electron chi connectivity index (χ0n) is 17.6. The molecule has 6 nitrogen and oxygen atoms in total. The fraction of sp³-hybridized carbons (Fsp3) is 0.435. The van der Waals surface area contributed by atoms with E-state index in [4.69, 9.17) is 9.47 Å². The molecule has 0 bridgehead atoms. The summed E-state index contributed by atoms with van der Waals surface area (Å²) in [6.45, 7) is 6.96. The lowest BCUT2D eigenvalue weighted by molar-refractivity contribution is -0.132. The number of amides is 1. The second-order valence-electron chi connectivity index (χ2n) is 7.44. The molecule has 1 aliphatic rings. The van der Waals surface area contributed by atoms with Gasteiger partial charge < -0.3 is 19.3 Å². The van der Waals surface area contributed by atoms with Crippen molar-refractivity contribution in [2.24, 2.45) is 0 Å². The Balaban J connectivity index is 1.40. The Morgan fingerprint density at radius 3 is 2.45 bits per heavy atom. The average molecular weight is 398 g/mol. The number of methoxy groups -OCH3 is 1. The monoisotopic (exact) mass is 397 g/mol. The van der Waals surface area contributed by atoms with Crippen LogP contribution in [0.4, 0.5) is 5.69 Å². The van der Waals surface area contributed by atoms with Gasteiger partial charge in [-0.25, -0.2) is 0 Å². The maximum absolute atomic E-state index is 12.6. The maximum Gasteiger partial charge on any atom is 0.236 e. The summed E-state index contributed by atoms with van der Waals surface area (Å²) in [6, 6.07) is 16.1. The Kier molecular flexibility index (Phi) is 7.36. The highest BCUT2D eigenvalue weighted by molar-refractivity contribution is 5.78. The Bertz CT molecular complexity index is 803. The van der Waals surface area contributed by atoms with Gasteiger partial charge in [-0.3, -0.25) is 9.69 Å². The van der Waals surface area contributed by atoms with Crippen LogP contribution in [0.1, 0.15) is 5.56 Å². The third-order valence-electron chi connectivity index (χ3n) is 5.20. The summed E-state index contributed by atoms with van der Waals surface area (Å²) < 4.78 is 11.1. The number of piperazine rings is 1. The summed E-state index contributed by atoms with van der Waals surface area (Å²) in [5, 5.41) is 0. The minimum absolute atomic E-state index is 0.175. The highest BCUT2D eigenvalue weighted by Gasteiger charge is 2.22. The normalized spacial score (nSPS) is 14.2. The van der Waals surface area contributed by atoms with Crippen molar-refractivity contribution in [3.63, 3.8) is 0 Å². The van der Waals surface area contributed by atoms with Gasteiger partial charge in [0.2, 0.25) is 5.91 Å². The smallest absolute Gasteiger partial charge is 0.236 e. The first-order valence-corrected chi connectivity index (χ1v) is 10.1. The number of nitrogens with zero attached hydrogens (tertiary/aromatic N) is 3. The van der Waals surface area contributed by atoms with E-state index in [9.17, 15) is 4.79 Å². The van der Waals surface area contributed by atoms with Crippen LogP contribution >= 0.6 is 0 Å². The van der Waals surface area contributed by atoms with Crippen molar-refractivity contribution < 1.29 is 14.3 Å². The summed E-state index contributed by atoms with van der Waals surface area (Å²) in [7, 11) is 3.58. The third kappa shape index (κ3) is 5.87. The van der Waals surface area contributed by atoms with Crippen LogP contribution in [-0.4, -0.2) is 75.7 Å². The molecule has 0 unspecified atom stereocenters. The lowest BCUT2D eigenvalue weighted by Crippen LogP contribution is -2.51. The largest absolute Gasteiger partial charge is 0.493 e. The fourth-order valence-electron chi connectivity index (χ4n) is 3.50. The van der Waals surface area contributed by atoms with Gasteiger partial charge in [0, 0.05) is 38.4 Å². The van der Waals surface area contributed by atoms with Gasteiger partial charge in [-0.1, -0.05) is 24.3 Å². The number of carbonyl (C=O) groups is 1. The minimum Gasteiger partial charge on any atom is -0.493 e. The zero-order valence-corrected chi connectivity index (χ0v) is 17.6. The van der Waals surface area contributed by atoms with E-state index < -0.39 is 0 Å². The van der Waals surface area contributed by atoms with Gasteiger partial charge >= 0.3 is 0 Å². The van der Waals surface area contributed by atoms with E-state index in [1.165, 1.54) is 11.3 Å². The molecule has 1 fully saturated rings. The van der Waals surface area contributed by atoms with Gasteiger partial charge in [0.25, 0.3) is 0 Å². The molecular formula is C23H31N3O3. The lowest BCUT2D eigenvalue weighted by atomic mass is 10.2. The van der Waals surface area contributed by atoms with E-state index in [1.807, 2.05) is 41.1 Å². The van der Waals surface area contributed by atoms with Gasteiger partial charge in [0.05, 0.1) is 13.7 Å². The molecule has 3 rings (SSSR count). The lowest BCUT2D eigenvalue weighted by Gasteiger charge is -2.36. The molecule has 1 saturated heterocycles. The molecular weight excluding hydrogens is 366 g/mol. The first-order valence-electron chi connectivity index (χ1n) is 10.1.